The van der Waals surface area contributed by atoms with E-state index in [1.165, 1.54) is 10.7 Å². The van der Waals surface area contributed by atoms with Gasteiger partial charge in [0.25, 0.3) is 0 Å². The Kier molecular flexibility index (Phi) is 4.30. The van der Waals surface area contributed by atoms with Crippen molar-refractivity contribution >= 4 is 11.9 Å². The normalized spacial score (nSPS) is 11.2. The summed E-state index contributed by atoms with van der Waals surface area (Å²) in [6.07, 6.45) is 1.59. The number of aromatic carboxylic acids is 1. The van der Waals surface area contributed by atoms with Crippen molar-refractivity contribution in [3.63, 3.8) is 0 Å². The zero-order valence-electron chi connectivity index (χ0n) is 12.8. The van der Waals surface area contributed by atoms with Crippen molar-refractivity contribution in [1.29, 1.82) is 0 Å². The molecule has 0 aliphatic heterocycles. The molecule has 0 saturated carbocycles. The maximum atomic E-state index is 11.9. The van der Waals surface area contributed by atoms with Crippen molar-refractivity contribution in [3.05, 3.63) is 47.8 Å². The summed E-state index contributed by atoms with van der Waals surface area (Å²) >= 11 is 0. The molecule has 0 unspecified atom stereocenters. The minimum absolute atomic E-state index is 0.00793. The van der Waals surface area contributed by atoms with Crippen molar-refractivity contribution in [2.24, 2.45) is 5.41 Å². The van der Waals surface area contributed by atoms with E-state index < -0.39 is 11.4 Å². The number of rotatable bonds is 4. The Labute approximate surface area is 128 Å². The number of nitrogens with one attached hydrogen (secondary N) is 1. The maximum Gasteiger partial charge on any atom is 0.356 e. The first-order valence-electron chi connectivity index (χ1n) is 6.94. The van der Waals surface area contributed by atoms with Crippen LogP contribution in [0.3, 0.4) is 0 Å². The second kappa shape index (κ2) is 6.01. The van der Waals surface area contributed by atoms with Crippen LogP contribution in [-0.2, 0) is 11.3 Å². The molecule has 0 atom stereocenters. The Morgan fingerprint density at radius 2 is 2.00 bits per heavy atom. The third-order valence-electron chi connectivity index (χ3n) is 3.12. The number of nitrogens with zero attached hydrogens (tertiary/aromatic N) is 2. The van der Waals surface area contributed by atoms with Gasteiger partial charge in [-0.15, -0.1) is 0 Å². The number of aromatic nitrogens is 2. The van der Waals surface area contributed by atoms with Crippen LogP contribution in [0, 0.1) is 5.41 Å². The van der Waals surface area contributed by atoms with Gasteiger partial charge in [0, 0.05) is 18.2 Å². The predicted molar refractivity (Wildman–Crippen MR) is 81.8 cm³/mol. The summed E-state index contributed by atoms with van der Waals surface area (Å²) in [6.45, 7) is 5.98. The SMILES string of the molecule is CC(C)(C)C(=O)NCc1cccc(-n2ccc(C(=O)O)n2)c1. The molecule has 0 aliphatic carbocycles. The molecule has 1 amide bonds. The molecule has 6 heteroatoms. The number of hydrogen-bond acceptors (Lipinski definition) is 3. The lowest BCUT2D eigenvalue weighted by molar-refractivity contribution is -0.128. The summed E-state index contributed by atoms with van der Waals surface area (Å²) in [7, 11) is 0. The first-order valence-corrected chi connectivity index (χ1v) is 6.94. The summed E-state index contributed by atoms with van der Waals surface area (Å²) in [5.74, 6) is -1.09. The number of amides is 1. The fraction of sp³-hybridized carbons (Fsp3) is 0.312. The van der Waals surface area contributed by atoms with Crippen molar-refractivity contribution in [2.45, 2.75) is 27.3 Å². The van der Waals surface area contributed by atoms with Crippen LogP contribution in [0.2, 0.25) is 0 Å². The quantitative estimate of drug-likeness (QED) is 0.907. The molecule has 0 radical (unpaired) electrons. The molecule has 0 aliphatic rings. The number of carbonyl (C=O) groups excluding carboxylic acids is 1. The molecule has 0 fully saturated rings. The molecule has 116 valence electrons. The standard InChI is InChI=1S/C16H19N3O3/c1-16(2,3)15(22)17-10-11-5-4-6-12(9-11)19-8-7-13(18-19)14(20)21/h4-9H,10H2,1-3H3,(H,17,22)(H,20,21). The molecule has 2 N–H and O–H groups in total. The molecule has 0 spiro atoms. The van der Waals surface area contributed by atoms with Crippen molar-refractivity contribution < 1.29 is 14.7 Å². The summed E-state index contributed by atoms with van der Waals surface area (Å²) < 4.78 is 1.50. The number of hydrogen-bond donors (Lipinski definition) is 2. The van der Waals surface area contributed by atoms with Crippen molar-refractivity contribution in [2.75, 3.05) is 0 Å². The van der Waals surface area contributed by atoms with Crippen LogP contribution in [0.25, 0.3) is 5.69 Å². The molecule has 0 bridgehead atoms. The number of carboxylic acids is 1. The molecule has 6 nitrogen and oxygen atoms in total. The molecule has 1 aromatic carbocycles. The van der Waals surface area contributed by atoms with Gasteiger partial charge in [-0.1, -0.05) is 32.9 Å². The Morgan fingerprint density at radius 3 is 2.59 bits per heavy atom. The Hall–Kier alpha value is -2.63. The molecular weight excluding hydrogens is 282 g/mol. The van der Waals surface area contributed by atoms with Gasteiger partial charge in [-0.25, -0.2) is 9.48 Å². The van der Waals surface area contributed by atoms with E-state index in [9.17, 15) is 9.59 Å². The van der Waals surface area contributed by atoms with Crippen molar-refractivity contribution in [1.82, 2.24) is 15.1 Å². The topological polar surface area (TPSA) is 84.2 Å². The molecule has 1 aromatic heterocycles. The summed E-state index contributed by atoms with van der Waals surface area (Å²) in [6, 6.07) is 8.87. The van der Waals surface area contributed by atoms with Crippen LogP contribution >= 0.6 is 0 Å². The van der Waals surface area contributed by atoms with E-state index in [-0.39, 0.29) is 11.6 Å². The molecule has 2 rings (SSSR count). The van der Waals surface area contributed by atoms with Gasteiger partial charge < -0.3 is 10.4 Å². The first kappa shape index (κ1) is 15.8. The molecule has 2 aromatic rings. The van der Waals surface area contributed by atoms with Crippen LogP contribution in [0.4, 0.5) is 0 Å². The average molecular weight is 301 g/mol. The fourth-order valence-electron chi connectivity index (χ4n) is 1.84. The van der Waals surface area contributed by atoms with E-state index in [1.807, 2.05) is 45.0 Å². The smallest absolute Gasteiger partial charge is 0.356 e. The van der Waals surface area contributed by atoms with Crippen LogP contribution in [0.5, 0.6) is 0 Å². The highest BCUT2D eigenvalue weighted by Crippen LogP contribution is 2.14. The summed E-state index contributed by atoms with van der Waals surface area (Å²) in [5.41, 5.74) is 1.22. The lowest BCUT2D eigenvalue weighted by Gasteiger charge is -2.17. The Bertz CT molecular complexity index is 699. The van der Waals surface area contributed by atoms with Crippen LogP contribution in [0.15, 0.2) is 36.5 Å². The third kappa shape index (κ3) is 3.72. The van der Waals surface area contributed by atoms with Gasteiger partial charge in [0.05, 0.1) is 5.69 Å². The Morgan fingerprint density at radius 1 is 1.27 bits per heavy atom. The van der Waals surface area contributed by atoms with E-state index in [1.54, 1.807) is 6.20 Å². The lowest BCUT2D eigenvalue weighted by Crippen LogP contribution is -2.34. The third-order valence-corrected chi connectivity index (χ3v) is 3.12. The number of carboxylic acid groups (broad SMARTS) is 1. The van der Waals surface area contributed by atoms with Crippen LogP contribution in [-0.4, -0.2) is 26.8 Å². The summed E-state index contributed by atoms with van der Waals surface area (Å²) in [5, 5.41) is 15.8. The molecule has 0 saturated heterocycles. The maximum absolute atomic E-state index is 11.9. The van der Waals surface area contributed by atoms with Crippen LogP contribution in [0.1, 0.15) is 36.8 Å². The van der Waals surface area contributed by atoms with Gasteiger partial charge in [0.15, 0.2) is 5.69 Å². The average Bonchev–Trinajstić information content (AvgIpc) is 2.94. The van der Waals surface area contributed by atoms with Gasteiger partial charge >= 0.3 is 5.97 Å². The van der Waals surface area contributed by atoms with Gasteiger partial charge in [0.1, 0.15) is 0 Å². The lowest BCUT2D eigenvalue weighted by atomic mass is 9.95. The van der Waals surface area contributed by atoms with E-state index in [0.29, 0.717) is 6.54 Å². The van der Waals surface area contributed by atoms with E-state index in [0.717, 1.165) is 11.3 Å². The predicted octanol–water partition coefficient (Wildman–Crippen LogP) is 2.23. The van der Waals surface area contributed by atoms with Gasteiger partial charge in [-0.05, 0) is 23.8 Å². The minimum atomic E-state index is -1.06. The van der Waals surface area contributed by atoms with E-state index >= 15 is 0 Å². The second-order valence-corrected chi connectivity index (χ2v) is 6.05. The first-order chi connectivity index (χ1) is 10.3. The van der Waals surface area contributed by atoms with E-state index in [4.69, 9.17) is 5.11 Å². The summed E-state index contributed by atoms with van der Waals surface area (Å²) in [4.78, 5) is 22.7. The largest absolute Gasteiger partial charge is 0.476 e. The van der Waals surface area contributed by atoms with E-state index in [2.05, 4.69) is 10.4 Å². The highest BCUT2D eigenvalue weighted by atomic mass is 16.4. The van der Waals surface area contributed by atoms with Gasteiger partial charge in [0.2, 0.25) is 5.91 Å². The zero-order valence-corrected chi connectivity index (χ0v) is 12.8. The Balaban J connectivity index is 2.13. The van der Waals surface area contributed by atoms with Gasteiger partial charge in [-0.2, -0.15) is 5.10 Å². The highest BCUT2D eigenvalue weighted by Gasteiger charge is 2.20. The zero-order chi connectivity index (χ0) is 16.3. The molecule has 1 heterocycles. The van der Waals surface area contributed by atoms with Crippen LogP contribution < -0.4 is 5.32 Å². The highest BCUT2D eigenvalue weighted by molar-refractivity contribution is 5.85. The fourth-order valence-corrected chi connectivity index (χ4v) is 1.84. The second-order valence-electron chi connectivity index (χ2n) is 6.05. The minimum Gasteiger partial charge on any atom is -0.476 e. The van der Waals surface area contributed by atoms with Gasteiger partial charge in [-0.3, -0.25) is 4.79 Å². The molecular formula is C16H19N3O3. The number of carbonyl (C=O) groups is 2. The monoisotopic (exact) mass is 301 g/mol. The molecule has 22 heavy (non-hydrogen) atoms. The number of benzene rings is 1. The van der Waals surface area contributed by atoms with Crippen molar-refractivity contribution in [3.8, 4) is 5.69 Å².